The van der Waals surface area contributed by atoms with Gasteiger partial charge in [-0.2, -0.15) is 0 Å². The van der Waals surface area contributed by atoms with E-state index in [1.165, 1.54) is 0 Å². The van der Waals surface area contributed by atoms with E-state index in [0.29, 0.717) is 5.75 Å². The molecule has 1 aromatic carbocycles. The van der Waals surface area contributed by atoms with Crippen molar-refractivity contribution in [2.75, 3.05) is 0 Å². The lowest BCUT2D eigenvalue weighted by molar-refractivity contribution is 0.253. The first-order valence-corrected chi connectivity index (χ1v) is 4.16. The van der Waals surface area contributed by atoms with Crippen LogP contribution in [-0.4, -0.2) is 11.2 Å². The van der Waals surface area contributed by atoms with Gasteiger partial charge in [-0.05, 0) is 31.5 Å². The lowest BCUT2D eigenvalue weighted by Gasteiger charge is -2.05. The van der Waals surface area contributed by atoms with E-state index in [1.54, 1.807) is 12.1 Å². The summed E-state index contributed by atoms with van der Waals surface area (Å²) in [6.45, 7) is 3.99. The molecule has 0 aliphatic carbocycles. The number of phenolic OH excluding ortho intramolecular Hbond substituents is 1. The number of ether oxygens (including phenoxy) is 1. The highest BCUT2D eigenvalue weighted by Gasteiger charge is 2.21. The van der Waals surface area contributed by atoms with Crippen LogP contribution in [0.4, 0.5) is 0 Å². The highest BCUT2D eigenvalue weighted by atomic mass is 16.5. The van der Waals surface area contributed by atoms with Crippen LogP contribution in [-0.2, 0) is 6.42 Å². The average Bonchev–Trinajstić information content (AvgIpc) is 2.29. The third-order valence-electron chi connectivity index (χ3n) is 2.16. The Hall–Kier alpha value is -1.18. The summed E-state index contributed by atoms with van der Waals surface area (Å²) in [5.41, 5.74) is 2.15. The quantitative estimate of drug-likeness (QED) is 0.635. The molecule has 0 bridgehead atoms. The Balaban J connectivity index is 2.52. The predicted octanol–water partition coefficient (Wildman–Crippen LogP) is 2.02. The van der Waals surface area contributed by atoms with Gasteiger partial charge in [-0.1, -0.05) is 0 Å². The van der Waals surface area contributed by atoms with Gasteiger partial charge in [-0.3, -0.25) is 0 Å². The topological polar surface area (TPSA) is 29.5 Å². The van der Waals surface area contributed by atoms with Gasteiger partial charge in [0.15, 0.2) is 0 Å². The molecule has 0 fully saturated rings. The molecule has 1 aliphatic heterocycles. The second kappa shape index (κ2) is 2.41. The number of phenols is 1. The molecule has 0 unspecified atom stereocenters. The molecule has 1 aliphatic rings. The molecule has 0 amide bonds. The standard InChI is InChI=1S/C10H12O2/c1-6-3-9(11)5-8-4-7(2)12-10(6)8/h3,5,7,11H,4H2,1-2H3/t7-/m1/s1. The minimum Gasteiger partial charge on any atom is -0.508 e. The van der Waals surface area contributed by atoms with Crippen LogP contribution < -0.4 is 4.74 Å². The van der Waals surface area contributed by atoms with Crippen molar-refractivity contribution in [1.82, 2.24) is 0 Å². The first-order chi connectivity index (χ1) is 5.66. The summed E-state index contributed by atoms with van der Waals surface area (Å²) in [6, 6.07) is 3.52. The maximum Gasteiger partial charge on any atom is 0.126 e. The van der Waals surface area contributed by atoms with E-state index in [0.717, 1.165) is 23.3 Å². The van der Waals surface area contributed by atoms with Gasteiger partial charge in [0.25, 0.3) is 0 Å². The minimum absolute atomic E-state index is 0.250. The summed E-state index contributed by atoms with van der Waals surface area (Å²) in [5, 5.41) is 9.31. The molecule has 2 heteroatoms. The van der Waals surface area contributed by atoms with Crippen molar-refractivity contribution in [3.05, 3.63) is 23.3 Å². The van der Waals surface area contributed by atoms with Crippen molar-refractivity contribution in [3.8, 4) is 11.5 Å². The number of aryl methyl sites for hydroxylation is 1. The van der Waals surface area contributed by atoms with E-state index in [9.17, 15) is 5.11 Å². The molecule has 1 heterocycles. The van der Waals surface area contributed by atoms with Crippen LogP contribution in [0.25, 0.3) is 0 Å². The van der Waals surface area contributed by atoms with Gasteiger partial charge in [0.1, 0.15) is 17.6 Å². The van der Waals surface area contributed by atoms with Crippen molar-refractivity contribution in [1.29, 1.82) is 0 Å². The number of benzene rings is 1. The maximum atomic E-state index is 9.31. The molecule has 1 atom stereocenters. The Morgan fingerprint density at radius 1 is 1.50 bits per heavy atom. The molecule has 64 valence electrons. The van der Waals surface area contributed by atoms with Crippen LogP contribution in [0.15, 0.2) is 12.1 Å². The summed E-state index contributed by atoms with van der Waals surface area (Å²) in [6.07, 6.45) is 1.16. The summed E-state index contributed by atoms with van der Waals surface area (Å²) in [7, 11) is 0. The van der Waals surface area contributed by atoms with Gasteiger partial charge in [0.2, 0.25) is 0 Å². The average molecular weight is 164 g/mol. The van der Waals surface area contributed by atoms with Crippen molar-refractivity contribution >= 4 is 0 Å². The van der Waals surface area contributed by atoms with Crippen molar-refractivity contribution in [3.63, 3.8) is 0 Å². The Kier molecular flexibility index (Phi) is 1.50. The van der Waals surface area contributed by atoms with Crippen LogP contribution >= 0.6 is 0 Å². The molecular formula is C10H12O2. The molecule has 0 spiro atoms. The second-order valence-electron chi connectivity index (χ2n) is 3.38. The lowest BCUT2D eigenvalue weighted by Crippen LogP contribution is -2.05. The Labute approximate surface area is 71.8 Å². The normalized spacial score (nSPS) is 20.3. The van der Waals surface area contributed by atoms with E-state index >= 15 is 0 Å². The fourth-order valence-corrected chi connectivity index (χ4v) is 1.70. The van der Waals surface area contributed by atoms with Crippen LogP contribution in [0.3, 0.4) is 0 Å². The van der Waals surface area contributed by atoms with E-state index < -0.39 is 0 Å². The highest BCUT2D eigenvalue weighted by molar-refractivity contribution is 5.48. The molecule has 2 rings (SSSR count). The Morgan fingerprint density at radius 3 is 3.00 bits per heavy atom. The minimum atomic E-state index is 0.250. The van der Waals surface area contributed by atoms with Gasteiger partial charge < -0.3 is 9.84 Å². The second-order valence-corrected chi connectivity index (χ2v) is 3.38. The molecule has 12 heavy (non-hydrogen) atoms. The predicted molar refractivity (Wildman–Crippen MR) is 46.6 cm³/mol. The van der Waals surface area contributed by atoms with E-state index in [2.05, 4.69) is 0 Å². The monoisotopic (exact) mass is 164 g/mol. The van der Waals surface area contributed by atoms with E-state index in [-0.39, 0.29) is 6.10 Å². The van der Waals surface area contributed by atoms with Crippen LogP contribution in [0.1, 0.15) is 18.1 Å². The number of rotatable bonds is 0. The molecule has 0 radical (unpaired) electrons. The fraction of sp³-hybridized carbons (Fsp3) is 0.400. The summed E-state index contributed by atoms with van der Waals surface area (Å²) < 4.78 is 5.58. The van der Waals surface area contributed by atoms with Gasteiger partial charge >= 0.3 is 0 Å². The zero-order chi connectivity index (χ0) is 8.72. The third-order valence-corrected chi connectivity index (χ3v) is 2.16. The molecule has 2 nitrogen and oxygen atoms in total. The number of hydrogen-bond donors (Lipinski definition) is 1. The van der Waals surface area contributed by atoms with Crippen LogP contribution in [0.5, 0.6) is 11.5 Å². The fourth-order valence-electron chi connectivity index (χ4n) is 1.70. The SMILES string of the molecule is Cc1cc(O)cc2c1O[C@H](C)C2. The van der Waals surface area contributed by atoms with Gasteiger partial charge in [0.05, 0.1) is 0 Å². The number of fused-ring (bicyclic) bond motifs is 1. The number of aromatic hydroxyl groups is 1. The molecule has 0 saturated carbocycles. The highest BCUT2D eigenvalue weighted by Crippen LogP contribution is 2.34. The third kappa shape index (κ3) is 1.04. The summed E-state index contributed by atoms with van der Waals surface area (Å²) in [4.78, 5) is 0. The van der Waals surface area contributed by atoms with Crippen LogP contribution in [0, 0.1) is 6.92 Å². The van der Waals surface area contributed by atoms with Crippen molar-refractivity contribution in [2.45, 2.75) is 26.4 Å². The molecular weight excluding hydrogens is 152 g/mol. The number of hydrogen-bond acceptors (Lipinski definition) is 2. The maximum absolute atomic E-state index is 9.31. The summed E-state index contributed by atoms with van der Waals surface area (Å²) >= 11 is 0. The van der Waals surface area contributed by atoms with E-state index in [4.69, 9.17) is 4.74 Å². The van der Waals surface area contributed by atoms with Crippen molar-refractivity contribution < 1.29 is 9.84 Å². The molecule has 0 aromatic heterocycles. The Bertz CT molecular complexity index is 318. The first kappa shape index (κ1) is 7.47. The van der Waals surface area contributed by atoms with Crippen molar-refractivity contribution in [2.24, 2.45) is 0 Å². The first-order valence-electron chi connectivity index (χ1n) is 4.16. The zero-order valence-electron chi connectivity index (χ0n) is 7.29. The molecule has 1 N–H and O–H groups in total. The van der Waals surface area contributed by atoms with Gasteiger partial charge in [-0.15, -0.1) is 0 Å². The smallest absolute Gasteiger partial charge is 0.126 e. The van der Waals surface area contributed by atoms with Crippen LogP contribution in [0.2, 0.25) is 0 Å². The largest absolute Gasteiger partial charge is 0.508 e. The Morgan fingerprint density at radius 2 is 2.25 bits per heavy atom. The molecule has 1 aromatic rings. The van der Waals surface area contributed by atoms with Gasteiger partial charge in [0, 0.05) is 12.0 Å². The zero-order valence-corrected chi connectivity index (χ0v) is 7.29. The summed E-state index contributed by atoms with van der Waals surface area (Å²) in [5.74, 6) is 1.30. The molecule has 0 saturated heterocycles. The lowest BCUT2D eigenvalue weighted by atomic mass is 10.1. The van der Waals surface area contributed by atoms with Gasteiger partial charge in [-0.25, -0.2) is 0 Å². The van der Waals surface area contributed by atoms with E-state index in [1.807, 2.05) is 13.8 Å².